The molecule has 0 aliphatic carbocycles. The molecule has 1 aromatic rings. The first-order valence-electron chi connectivity index (χ1n) is 7.04. The summed E-state index contributed by atoms with van der Waals surface area (Å²) in [6.45, 7) is 10.0. The van der Waals surface area contributed by atoms with Gasteiger partial charge in [-0.1, -0.05) is 19.1 Å². The molecule has 2 rings (SSSR count). The molecule has 0 bridgehead atoms. The summed E-state index contributed by atoms with van der Waals surface area (Å²) < 4.78 is 38.1. The van der Waals surface area contributed by atoms with Gasteiger partial charge in [-0.05, 0) is 45.3 Å². The van der Waals surface area contributed by atoms with Gasteiger partial charge in [-0.3, -0.25) is 0 Å². The smallest absolute Gasteiger partial charge is 0.399 e. The van der Waals surface area contributed by atoms with E-state index in [1.807, 2.05) is 27.7 Å². The quantitative estimate of drug-likeness (QED) is 0.851. The maximum atomic E-state index is 11.9. The average molecular weight is 311 g/mol. The van der Waals surface area contributed by atoms with Crippen LogP contribution < -0.4 is 10.2 Å². The lowest BCUT2D eigenvalue weighted by Crippen LogP contribution is -2.41. The number of benzene rings is 1. The third-order valence-corrected chi connectivity index (χ3v) is 5.61. The van der Waals surface area contributed by atoms with Crippen LogP contribution in [0.4, 0.5) is 0 Å². The highest BCUT2D eigenvalue weighted by Gasteiger charge is 2.51. The number of nitrogens with one attached hydrogen (secondary N) is 1. The highest BCUT2D eigenvalue weighted by atomic mass is 32.2. The van der Waals surface area contributed by atoms with E-state index in [9.17, 15) is 8.42 Å². The Morgan fingerprint density at radius 1 is 1.05 bits per heavy atom. The van der Waals surface area contributed by atoms with E-state index in [0.29, 0.717) is 6.54 Å². The predicted molar refractivity (Wildman–Crippen MR) is 83.0 cm³/mol. The minimum Gasteiger partial charge on any atom is -0.399 e. The Labute approximate surface area is 127 Å². The molecule has 0 atom stereocenters. The third-order valence-electron chi connectivity index (χ3n) is 4.05. The summed E-state index contributed by atoms with van der Waals surface area (Å²) in [5.41, 5.74) is -0.0117. The summed E-state index contributed by atoms with van der Waals surface area (Å²) >= 11 is 0. The van der Waals surface area contributed by atoms with E-state index in [1.165, 1.54) is 0 Å². The van der Waals surface area contributed by atoms with E-state index < -0.39 is 28.3 Å². The SMILES string of the molecule is CCNS(=O)(=O)c1ccc(B2OC(C)(C)C(C)(C)O2)cc1. The van der Waals surface area contributed by atoms with Gasteiger partial charge in [0.25, 0.3) is 0 Å². The van der Waals surface area contributed by atoms with E-state index in [0.717, 1.165) is 5.46 Å². The predicted octanol–water partition coefficient (Wildman–Crippen LogP) is 1.28. The van der Waals surface area contributed by atoms with Crippen LogP contribution in [0.15, 0.2) is 29.2 Å². The second-order valence-corrected chi connectivity index (χ2v) is 7.93. The van der Waals surface area contributed by atoms with Gasteiger partial charge in [0.15, 0.2) is 0 Å². The van der Waals surface area contributed by atoms with Crippen LogP contribution in [0.2, 0.25) is 0 Å². The molecule has 1 fully saturated rings. The van der Waals surface area contributed by atoms with Crippen LogP contribution in [0, 0.1) is 0 Å². The maximum absolute atomic E-state index is 11.9. The van der Waals surface area contributed by atoms with Gasteiger partial charge in [0.1, 0.15) is 0 Å². The second-order valence-electron chi connectivity index (χ2n) is 6.16. The van der Waals surface area contributed by atoms with Gasteiger partial charge in [0, 0.05) is 6.54 Å². The Hall–Kier alpha value is -0.885. The van der Waals surface area contributed by atoms with E-state index in [4.69, 9.17) is 9.31 Å². The summed E-state index contributed by atoms with van der Waals surface area (Å²) in [6.07, 6.45) is 0. The molecule has 0 spiro atoms. The standard InChI is InChI=1S/C14H22BNO4S/c1-6-16-21(17,18)12-9-7-11(8-10-12)15-19-13(2,3)14(4,5)20-15/h7-10,16H,6H2,1-5H3. The Morgan fingerprint density at radius 3 is 1.95 bits per heavy atom. The fourth-order valence-corrected chi connectivity index (χ4v) is 3.10. The number of sulfonamides is 1. The molecule has 5 nitrogen and oxygen atoms in total. The van der Waals surface area contributed by atoms with Crippen molar-refractivity contribution in [1.82, 2.24) is 4.72 Å². The highest BCUT2D eigenvalue weighted by molar-refractivity contribution is 7.89. The van der Waals surface area contributed by atoms with Gasteiger partial charge >= 0.3 is 7.12 Å². The fraction of sp³-hybridized carbons (Fsp3) is 0.571. The fourth-order valence-electron chi connectivity index (χ4n) is 2.06. The number of hydrogen-bond donors (Lipinski definition) is 1. The summed E-state index contributed by atoms with van der Waals surface area (Å²) in [7, 11) is -3.91. The van der Waals surface area contributed by atoms with Gasteiger partial charge in [-0.2, -0.15) is 0 Å². The van der Waals surface area contributed by atoms with Crippen molar-refractivity contribution in [2.75, 3.05) is 6.54 Å². The molecular weight excluding hydrogens is 289 g/mol. The Bertz CT molecular complexity index is 594. The zero-order valence-corrected chi connectivity index (χ0v) is 14.0. The molecule has 1 saturated heterocycles. The van der Waals surface area contributed by atoms with Crippen LogP contribution >= 0.6 is 0 Å². The first kappa shape index (κ1) is 16.5. The van der Waals surface area contributed by atoms with Crippen molar-refractivity contribution in [3.05, 3.63) is 24.3 Å². The van der Waals surface area contributed by atoms with Crippen molar-refractivity contribution in [2.45, 2.75) is 50.7 Å². The molecule has 116 valence electrons. The molecule has 0 unspecified atom stereocenters. The molecule has 1 aromatic carbocycles. The number of rotatable bonds is 4. The molecule has 21 heavy (non-hydrogen) atoms. The summed E-state index contributed by atoms with van der Waals surface area (Å²) in [5, 5.41) is 0. The zero-order chi connectivity index (χ0) is 15.9. The number of hydrogen-bond acceptors (Lipinski definition) is 4. The van der Waals surface area contributed by atoms with Crippen molar-refractivity contribution in [3.8, 4) is 0 Å². The topological polar surface area (TPSA) is 64.6 Å². The maximum Gasteiger partial charge on any atom is 0.494 e. The molecule has 0 saturated carbocycles. The molecule has 7 heteroatoms. The molecular formula is C14H22BNO4S. The van der Waals surface area contributed by atoms with Gasteiger partial charge in [-0.25, -0.2) is 13.1 Å². The molecule has 1 heterocycles. The average Bonchev–Trinajstić information content (AvgIpc) is 2.59. The molecule has 1 aliphatic rings. The normalized spacial score (nSPS) is 20.7. The van der Waals surface area contributed by atoms with Gasteiger partial charge in [-0.15, -0.1) is 0 Å². The Morgan fingerprint density at radius 2 is 1.52 bits per heavy atom. The second kappa shape index (κ2) is 5.39. The van der Waals surface area contributed by atoms with Crippen molar-refractivity contribution in [1.29, 1.82) is 0 Å². The molecule has 0 amide bonds. The lowest BCUT2D eigenvalue weighted by Gasteiger charge is -2.32. The van der Waals surface area contributed by atoms with E-state index >= 15 is 0 Å². The van der Waals surface area contributed by atoms with Crippen LogP contribution in [0.1, 0.15) is 34.6 Å². The lowest BCUT2D eigenvalue weighted by molar-refractivity contribution is 0.00578. The van der Waals surface area contributed by atoms with E-state index in [2.05, 4.69) is 4.72 Å². The van der Waals surface area contributed by atoms with Crippen molar-refractivity contribution in [2.24, 2.45) is 0 Å². The minimum atomic E-state index is -3.43. The van der Waals surface area contributed by atoms with Crippen molar-refractivity contribution < 1.29 is 17.7 Å². The highest BCUT2D eigenvalue weighted by Crippen LogP contribution is 2.36. The first-order chi connectivity index (χ1) is 9.59. The third kappa shape index (κ3) is 3.16. The van der Waals surface area contributed by atoms with Crippen LogP contribution in [0.5, 0.6) is 0 Å². The molecule has 0 radical (unpaired) electrons. The van der Waals surface area contributed by atoms with Gasteiger partial charge in [0.05, 0.1) is 16.1 Å². The van der Waals surface area contributed by atoms with E-state index in [1.54, 1.807) is 31.2 Å². The minimum absolute atomic E-state index is 0.240. The first-order valence-corrected chi connectivity index (χ1v) is 8.53. The Kier molecular flexibility index (Phi) is 4.23. The largest absolute Gasteiger partial charge is 0.494 e. The molecule has 1 aliphatic heterocycles. The lowest BCUT2D eigenvalue weighted by atomic mass is 9.79. The zero-order valence-electron chi connectivity index (χ0n) is 13.1. The Balaban J connectivity index is 2.22. The van der Waals surface area contributed by atoms with E-state index in [-0.39, 0.29) is 4.90 Å². The van der Waals surface area contributed by atoms with Crippen LogP contribution in [0.3, 0.4) is 0 Å². The summed E-state index contributed by atoms with van der Waals surface area (Å²) in [4.78, 5) is 0.240. The molecule has 1 N–H and O–H groups in total. The summed E-state index contributed by atoms with van der Waals surface area (Å²) in [6, 6.07) is 6.59. The van der Waals surface area contributed by atoms with Gasteiger partial charge in [0.2, 0.25) is 10.0 Å². The van der Waals surface area contributed by atoms with Gasteiger partial charge < -0.3 is 9.31 Å². The van der Waals surface area contributed by atoms with Crippen molar-refractivity contribution >= 4 is 22.6 Å². The van der Waals surface area contributed by atoms with Crippen molar-refractivity contribution in [3.63, 3.8) is 0 Å². The van der Waals surface area contributed by atoms with Crippen LogP contribution in [0.25, 0.3) is 0 Å². The summed E-state index contributed by atoms with van der Waals surface area (Å²) in [5.74, 6) is 0. The van der Waals surface area contributed by atoms with Crippen LogP contribution in [-0.2, 0) is 19.3 Å². The van der Waals surface area contributed by atoms with Crippen LogP contribution in [-0.4, -0.2) is 33.3 Å². The molecule has 0 aromatic heterocycles. The monoisotopic (exact) mass is 311 g/mol.